The van der Waals surface area contributed by atoms with Gasteiger partial charge in [-0.25, -0.2) is 0 Å². The zero-order valence-corrected chi connectivity index (χ0v) is 9.44. The fourth-order valence-corrected chi connectivity index (χ4v) is 2.41. The second kappa shape index (κ2) is 3.91. The lowest BCUT2D eigenvalue weighted by Crippen LogP contribution is -2.12. The number of fused-ring (bicyclic) bond motifs is 1. The number of nitrogens with zero attached hydrogens (tertiary/aromatic N) is 2. The number of halogens is 1. The normalized spacial score (nSPS) is 19.4. The molecule has 3 nitrogen and oxygen atoms in total. The van der Waals surface area contributed by atoms with Gasteiger partial charge in [0.15, 0.2) is 0 Å². The quantitative estimate of drug-likeness (QED) is 0.762. The Morgan fingerprint density at radius 2 is 2.00 bits per heavy atom. The number of hydrogen-bond acceptors (Lipinski definition) is 3. The highest BCUT2D eigenvalue weighted by molar-refractivity contribution is 6.27. The largest absolute Gasteiger partial charge is 0.412 e. The maximum Gasteiger partial charge on any atom is 0.312 e. The zero-order valence-electron chi connectivity index (χ0n) is 8.69. The van der Waals surface area contributed by atoms with E-state index in [2.05, 4.69) is 34.5 Å². The summed E-state index contributed by atoms with van der Waals surface area (Å²) < 4.78 is 5.28. The summed E-state index contributed by atoms with van der Waals surface area (Å²) in [6.07, 6.45) is 3.09. The van der Waals surface area contributed by atoms with Crippen LogP contribution in [0.5, 0.6) is 0 Å². The van der Waals surface area contributed by atoms with Crippen LogP contribution in [-0.4, -0.2) is 10.2 Å². The van der Waals surface area contributed by atoms with Gasteiger partial charge in [0.25, 0.3) is 0 Å². The van der Waals surface area contributed by atoms with Gasteiger partial charge in [-0.1, -0.05) is 29.4 Å². The van der Waals surface area contributed by atoms with E-state index in [0.717, 1.165) is 19.3 Å². The Kier molecular flexibility index (Phi) is 2.40. The van der Waals surface area contributed by atoms with Gasteiger partial charge in [0.05, 0.1) is 0 Å². The van der Waals surface area contributed by atoms with Gasteiger partial charge in [-0.05, 0) is 42.0 Å². The van der Waals surface area contributed by atoms with Crippen molar-refractivity contribution in [3.8, 4) is 0 Å². The van der Waals surface area contributed by atoms with E-state index in [4.69, 9.17) is 16.0 Å². The van der Waals surface area contributed by atoms with Crippen LogP contribution in [0.4, 0.5) is 0 Å². The van der Waals surface area contributed by atoms with Gasteiger partial charge in [-0.3, -0.25) is 0 Å². The van der Waals surface area contributed by atoms with Gasteiger partial charge in [-0.2, -0.15) is 0 Å². The highest BCUT2D eigenvalue weighted by atomic mass is 35.5. The van der Waals surface area contributed by atoms with E-state index in [0.29, 0.717) is 11.8 Å². The Balaban J connectivity index is 1.88. The van der Waals surface area contributed by atoms with Crippen LogP contribution in [0.3, 0.4) is 0 Å². The fraction of sp³-hybridized carbons (Fsp3) is 0.333. The number of hydrogen-bond donors (Lipinski definition) is 0. The molecule has 0 saturated carbocycles. The minimum Gasteiger partial charge on any atom is -0.412 e. The summed E-state index contributed by atoms with van der Waals surface area (Å²) in [7, 11) is 0. The molecule has 0 N–H and O–H groups in total. The van der Waals surface area contributed by atoms with Crippen molar-refractivity contribution in [1.82, 2.24) is 10.2 Å². The molecule has 1 aromatic carbocycles. The monoisotopic (exact) mass is 234 g/mol. The van der Waals surface area contributed by atoms with Crippen molar-refractivity contribution in [3.63, 3.8) is 0 Å². The first-order valence-corrected chi connectivity index (χ1v) is 5.76. The van der Waals surface area contributed by atoms with Gasteiger partial charge in [0.2, 0.25) is 5.89 Å². The first-order valence-electron chi connectivity index (χ1n) is 5.38. The molecule has 0 saturated heterocycles. The lowest BCUT2D eigenvalue weighted by Gasteiger charge is -2.21. The molecule has 0 radical (unpaired) electrons. The Labute approximate surface area is 98.4 Å². The Hall–Kier alpha value is -1.35. The molecule has 1 unspecified atom stereocenters. The molecule has 1 aliphatic rings. The molecule has 4 heteroatoms. The molecule has 0 amide bonds. The molecule has 1 heterocycles. The number of aromatic nitrogens is 2. The van der Waals surface area contributed by atoms with Crippen LogP contribution < -0.4 is 0 Å². The molecule has 0 aliphatic heterocycles. The van der Waals surface area contributed by atoms with Crippen molar-refractivity contribution in [3.05, 3.63) is 46.6 Å². The molecule has 0 fully saturated rings. The van der Waals surface area contributed by atoms with Crippen molar-refractivity contribution in [1.29, 1.82) is 0 Å². The molecule has 1 atom stereocenters. The predicted molar refractivity (Wildman–Crippen MR) is 60.5 cm³/mol. The van der Waals surface area contributed by atoms with E-state index in [1.54, 1.807) is 0 Å². The maximum atomic E-state index is 5.64. The minimum atomic E-state index is 0.133. The second-order valence-corrected chi connectivity index (χ2v) is 4.43. The molecular formula is C12H11ClN2O. The molecule has 0 spiro atoms. The lowest BCUT2D eigenvalue weighted by atomic mass is 9.84. The predicted octanol–water partition coefficient (Wildman–Crippen LogP) is 3.00. The third kappa shape index (κ3) is 1.71. The molecule has 0 bridgehead atoms. The van der Waals surface area contributed by atoms with Crippen molar-refractivity contribution < 1.29 is 4.42 Å². The van der Waals surface area contributed by atoms with Gasteiger partial charge in [-0.15, -0.1) is 5.10 Å². The van der Waals surface area contributed by atoms with E-state index in [-0.39, 0.29) is 5.35 Å². The van der Waals surface area contributed by atoms with Crippen LogP contribution in [0, 0.1) is 0 Å². The van der Waals surface area contributed by atoms with Gasteiger partial charge in [0.1, 0.15) is 0 Å². The van der Waals surface area contributed by atoms with Crippen LogP contribution >= 0.6 is 11.6 Å². The van der Waals surface area contributed by atoms with Gasteiger partial charge >= 0.3 is 5.35 Å². The van der Waals surface area contributed by atoms with Crippen LogP contribution in [-0.2, 0) is 12.8 Å². The van der Waals surface area contributed by atoms with Crippen LogP contribution in [0.25, 0.3) is 0 Å². The molecule has 3 rings (SSSR count). The summed E-state index contributed by atoms with van der Waals surface area (Å²) in [5.41, 5.74) is 2.82. The Morgan fingerprint density at radius 3 is 2.75 bits per heavy atom. The van der Waals surface area contributed by atoms with E-state index >= 15 is 0 Å². The molecular weight excluding hydrogens is 224 g/mol. The van der Waals surface area contributed by atoms with Gasteiger partial charge < -0.3 is 4.42 Å². The van der Waals surface area contributed by atoms with Crippen molar-refractivity contribution >= 4 is 11.6 Å². The molecule has 1 aromatic heterocycles. The first-order chi connectivity index (χ1) is 7.83. The average molecular weight is 235 g/mol. The van der Waals surface area contributed by atoms with E-state index in [1.807, 2.05) is 0 Å². The highest BCUT2D eigenvalue weighted by Gasteiger charge is 2.24. The number of aryl methyl sites for hydroxylation is 1. The third-order valence-electron chi connectivity index (χ3n) is 3.11. The number of benzene rings is 1. The fourth-order valence-electron chi connectivity index (χ4n) is 2.29. The summed E-state index contributed by atoms with van der Waals surface area (Å²) in [5, 5.41) is 7.79. The number of rotatable bonds is 1. The smallest absolute Gasteiger partial charge is 0.312 e. The van der Waals surface area contributed by atoms with Crippen molar-refractivity contribution in [2.75, 3.05) is 0 Å². The average Bonchev–Trinajstić information content (AvgIpc) is 2.75. The van der Waals surface area contributed by atoms with E-state index in [9.17, 15) is 0 Å². The Bertz CT molecular complexity index is 509. The van der Waals surface area contributed by atoms with E-state index in [1.165, 1.54) is 11.1 Å². The summed E-state index contributed by atoms with van der Waals surface area (Å²) in [6, 6.07) is 8.51. The SMILES string of the molecule is Clc1nnc(C2CCc3ccccc3C2)o1. The second-order valence-electron chi connectivity index (χ2n) is 4.10. The first kappa shape index (κ1) is 9.85. The summed E-state index contributed by atoms with van der Waals surface area (Å²) in [4.78, 5) is 0. The van der Waals surface area contributed by atoms with Crippen molar-refractivity contribution in [2.24, 2.45) is 0 Å². The zero-order chi connectivity index (χ0) is 11.0. The van der Waals surface area contributed by atoms with Crippen LogP contribution in [0.1, 0.15) is 29.4 Å². The van der Waals surface area contributed by atoms with Crippen LogP contribution in [0.2, 0.25) is 5.35 Å². The topological polar surface area (TPSA) is 38.9 Å². The third-order valence-corrected chi connectivity index (χ3v) is 3.26. The minimum absolute atomic E-state index is 0.133. The molecule has 82 valence electrons. The lowest BCUT2D eigenvalue weighted by molar-refractivity contribution is 0.419. The summed E-state index contributed by atoms with van der Waals surface area (Å²) in [5.74, 6) is 0.981. The standard InChI is InChI=1S/C12H11ClN2O/c13-12-15-14-11(16-12)10-6-5-8-3-1-2-4-9(8)7-10/h1-4,10H,5-7H2. The molecule has 1 aliphatic carbocycles. The maximum absolute atomic E-state index is 5.64. The highest BCUT2D eigenvalue weighted by Crippen LogP contribution is 2.32. The molecule has 16 heavy (non-hydrogen) atoms. The summed E-state index contributed by atoms with van der Waals surface area (Å²) >= 11 is 5.64. The van der Waals surface area contributed by atoms with Crippen LogP contribution in [0.15, 0.2) is 28.7 Å². The van der Waals surface area contributed by atoms with Gasteiger partial charge in [0, 0.05) is 5.92 Å². The Morgan fingerprint density at radius 1 is 1.19 bits per heavy atom. The van der Waals surface area contributed by atoms with E-state index < -0.39 is 0 Å². The van der Waals surface area contributed by atoms with Crippen molar-refractivity contribution in [2.45, 2.75) is 25.2 Å². The molecule has 2 aromatic rings. The summed E-state index contributed by atoms with van der Waals surface area (Å²) in [6.45, 7) is 0.